The van der Waals surface area contributed by atoms with Crippen molar-refractivity contribution in [2.75, 3.05) is 11.9 Å². The number of unbranched alkanes of at least 4 members (excludes halogenated alkanes) is 2. The minimum atomic E-state index is 0.948. The molecule has 0 radical (unpaired) electrons. The molecule has 0 aliphatic rings. The van der Waals surface area contributed by atoms with Crippen LogP contribution >= 0.6 is 0 Å². The Hall–Kier alpha value is -1.84. The summed E-state index contributed by atoms with van der Waals surface area (Å²) >= 11 is 0. The average molecular weight is 231 g/mol. The van der Waals surface area contributed by atoms with E-state index in [2.05, 4.69) is 15.3 Å². The molecular weight excluding hydrogens is 214 g/mol. The van der Waals surface area contributed by atoms with E-state index in [9.17, 15) is 0 Å². The zero-order chi connectivity index (χ0) is 11.8. The maximum atomic E-state index is 4.92. The van der Waals surface area contributed by atoms with E-state index in [0.717, 1.165) is 37.3 Å². The van der Waals surface area contributed by atoms with Crippen LogP contribution in [0.4, 0.5) is 5.82 Å². The van der Waals surface area contributed by atoms with E-state index in [4.69, 9.17) is 4.42 Å². The van der Waals surface area contributed by atoms with Crippen molar-refractivity contribution in [2.45, 2.75) is 25.7 Å². The third-order valence-electron chi connectivity index (χ3n) is 2.56. The molecule has 0 spiro atoms. The van der Waals surface area contributed by atoms with Gasteiger partial charge in [-0.05, 0) is 31.4 Å². The molecular formula is C13H17N3O. The van der Waals surface area contributed by atoms with Gasteiger partial charge in [-0.1, -0.05) is 12.5 Å². The molecule has 0 saturated heterocycles. The van der Waals surface area contributed by atoms with Gasteiger partial charge in [0.15, 0.2) is 6.39 Å². The lowest BCUT2D eigenvalue weighted by Gasteiger charge is -2.04. The Morgan fingerprint density at radius 1 is 1.12 bits per heavy atom. The molecule has 0 aliphatic carbocycles. The van der Waals surface area contributed by atoms with Crippen LogP contribution in [0.2, 0.25) is 0 Å². The Kier molecular flexibility index (Phi) is 4.57. The van der Waals surface area contributed by atoms with Gasteiger partial charge in [0.2, 0.25) is 0 Å². The Morgan fingerprint density at radius 3 is 2.88 bits per heavy atom. The molecule has 0 aromatic carbocycles. The molecule has 1 N–H and O–H groups in total. The number of nitrogens with zero attached hydrogens (tertiary/aromatic N) is 2. The Bertz CT molecular complexity index is 400. The number of aromatic nitrogens is 2. The van der Waals surface area contributed by atoms with Crippen LogP contribution in [0.15, 0.2) is 41.5 Å². The number of nitrogens with one attached hydrogen (secondary N) is 1. The largest absolute Gasteiger partial charge is 0.451 e. The van der Waals surface area contributed by atoms with Gasteiger partial charge < -0.3 is 9.73 Å². The highest BCUT2D eigenvalue weighted by atomic mass is 16.3. The molecule has 0 bridgehead atoms. The monoisotopic (exact) mass is 231 g/mol. The van der Waals surface area contributed by atoms with Crippen LogP contribution in [0.25, 0.3) is 0 Å². The highest BCUT2D eigenvalue weighted by molar-refractivity contribution is 5.32. The van der Waals surface area contributed by atoms with E-state index < -0.39 is 0 Å². The molecule has 0 unspecified atom stereocenters. The van der Waals surface area contributed by atoms with Crippen LogP contribution in [0.5, 0.6) is 0 Å². The molecule has 0 fully saturated rings. The summed E-state index contributed by atoms with van der Waals surface area (Å²) in [5.74, 6) is 0.948. The predicted molar refractivity (Wildman–Crippen MR) is 66.8 cm³/mol. The van der Waals surface area contributed by atoms with Gasteiger partial charge in [-0.2, -0.15) is 0 Å². The van der Waals surface area contributed by atoms with E-state index in [-0.39, 0.29) is 0 Å². The van der Waals surface area contributed by atoms with Gasteiger partial charge >= 0.3 is 0 Å². The molecule has 0 saturated carbocycles. The first-order valence-electron chi connectivity index (χ1n) is 5.97. The number of oxazole rings is 1. The maximum Gasteiger partial charge on any atom is 0.180 e. The highest BCUT2D eigenvalue weighted by Crippen LogP contribution is 2.05. The fourth-order valence-corrected chi connectivity index (χ4v) is 1.65. The molecule has 0 amide bonds. The van der Waals surface area contributed by atoms with E-state index in [1.54, 1.807) is 12.5 Å². The molecule has 0 atom stereocenters. The van der Waals surface area contributed by atoms with Gasteiger partial charge in [0.05, 0.1) is 5.69 Å². The summed E-state index contributed by atoms with van der Waals surface area (Å²) in [7, 11) is 0. The molecule has 17 heavy (non-hydrogen) atoms. The number of hydrogen-bond acceptors (Lipinski definition) is 4. The number of hydrogen-bond donors (Lipinski definition) is 1. The SMILES string of the molecule is c1ccc(NCCCCCc2cocn2)nc1. The number of anilines is 1. The van der Waals surface area contributed by atoms with Crippen molar-refractivity contribution >= 4 is 5.82 Å². The zero-order valence-corrected chi connectivity index (χ0v) is 9.80. The van der Waals surface area contributed by atoms with Gasteiger partial charge in [0, 0.05) is 12.7 Å². The van der Waals surface area contributed by atoms with E-state index in [1.165, 1.54) is 12.8 Å². The summed E-state index contributed by atoms with van der Waals surface area (Å²) in [6.07, 6.45) is 9.48. The van der Waals surface area contributed by atoms with Gasteiger partial charge in [-0.25, -0.2) is 9.97 Å². The average Bonchev–Trinajstić information content (AvgIpc) is 2.88. The molecule has 2 aromatic heterocycles. The van der Waals surface area contributed by atoms with E-state index in [1.807, 2.05) is 18.2 Å². The lowest BCUT2D eigenvalue weighted by atomic mass is 10.1. The number of pyridine rings is 1. The Morgan fingerprint density at radius 2 is 2.12 bits per heavy atom. The molecule has 2 aromatic rings. The quantitative estimate of drug-likeness (QED) is 0.744. The predicted octanol–water partition coefficient (Wildman–Crippen LogP) is 2.89. The molecule has 2 rings (SSSR count). The van der Waals surface area contributed by atoms with Crippen LogP contribution < -0.4 is 5.32 Å². The standard InChI is InChI=1S/C13H17N3O/c1(2-6-12-10-17-11-16-12)4-8-14-13-7-3-5-9-15-13/h3,5,7,9-11H,1-2,4,6,8H2,(H,14,15). The molecule has 2 heterocycles. The zero-order valence-electron chi connectivity index (χ0n) is 9.80. The second-order valence-corrected chi connectivity index (χ2v) is 3.93. The summed E-state index contributed by atoms with van der Waals surface area (Å²) in [4.78, 5) is 8.29. The molecule has 90 valence electrons. The highest BCUT2D eigenvalue weighted by Gasteiger charge is 1.96. The molecule has 4 nitrogen and oxygen atoms in total. The van der Waals surface area contributed by atoms with Crippen molar-refractivity contribution in [2.24, 2.45) is 0 Å². The first kappa shape index (κ1) is 11.6. The summed E-state index contributed by atoms with van der Waals surface area (Å²) in [5.41, 5.74) is 1.04. The van der Waals surface area contributed by atoms with Crippen LogP contribution in [-0.2, 0) is 6.42 Å². The third kappa shape index (κ3) is 4.26. The molecule has 0 aliphatic heterocycles. The van der Waals surface area contributed by atoms with Crippen molar-refractivity contribution in [1.29, 1.82) is 0 Å². The second-order valence-electron chi connectivity index (χ2n) is 3.93. The first-order valence-corrected chi connectivity index (χ1v) is 5.97. The summed E-state index contributed by atoms with van der Waals surface area (Å²) in [6, 6.07) is 5.89. The summed E-state index contributed by atoms with van der Waals surface area (Å²) in [5, 5.41) is 3.29. The maximum absolute atomic E-state index is 4.92. The van der Waals surface area contributed by atoms with Gasteiger partial charge in [0.25, 0.3) is 0 Å². The van der Waals surface area contributed by atoms with Crippen LogP contribution in [0.3, 0.4) is 0 Å². The third-order valence-corrected chi connectivity index (χ3v) is 2.56. The first-order chi connectivity index (χ1) is 8.45. The Balaban J connectivity index is 1.52. The number of aryl methyl sites for hydroxylation is 1. The lowest BCUT2D eigenvalue weighted by molar-refractivity contribution is 0.555. The number of rotatable bonds is 7. The fourth-order valence-electron chi connectivity index (χ4n) is 1.65. The minimum absolute atomic E-state index is 0.948. The van der Waals surface area contributed by atoms with Crippen molar-refractivity contribution in [3.05, 3.63) is 42.7 Å². The van der Waals surface area contributed by atoms with Crippen molar-refractivity contribution < 1.29 is 4.42 Å². The summed E-state index contributed by atoms with van der Waals surface area (Å²) in [6.45, 7) is 0.968. The normalized spacial score (nSPS) is 10.4. The van der Waals surface area contributed by atoms with Crippen LogP contribution in [0, 0.1) is 0 Å². The van der Waals surface area contributed by atoms with E-state index in [0.29, 0.717) is 0 Å². The summed E-state index contributed by atoms with van der Waals surface area (Å²) < 4.78 is 4.92. The van der Waals surface area contributed by atoms with Crippen molar-refractivity contribution in [3.63, 3.8) is 0 Å². The smallest absolute Gasteiger partial charge is 0.180 e. The van der Waals surface area contributed by atoms with Crippen molar-refractivity contribution in [3.8, 4) is 0 Å². The van der Waals surface area contributed by atoms with E-state index >= 15 is 0 Å². The van der Waals surface area contributed by atoms with Crippen LogP contribution in [0.1, 0.15) is 25.0 Å². The van der Waals surface area contributed by atoms with Gasteiger partial charge in [0.1, 0.15) is 12.1 Å². The van der Waals surface area contributed by atoms with Crippen LogP contribution in [-0.4, -0.2) is 16.5 Å². The molecule has 4 heteroatoms. The minimum Gasteiger partial charge on any atom is -0.451 e. The van der Waals surface area contributed by atoms with Crippen molar-refractivity contribution in [1.82, 2.24) is 9.97 Å². The second kappa shape index (κ2) is 6.68. The Labute approximate surface area is 101 Å². The van der Waals surface area contributed by atoms with Gasteiger partial charge in [-0.15, -0.1) is 0 Å². The van der Waals surface area contributed by atoms with Gasteiger partial charge in [-0.3, -0.25) is 0 Å². The topological polar surface area (TPSA) is 51.0 Å². The lowest BCUT2D eigenvalue weighted by Crippen LogP contribution is -2.02. The fraction of sp³-hybridized carbons (Fsp3) is 0.385.